The first-order chi connectivity index (χ1) is 12.0. The predicted molar refractivity (Wildman–Crippen MR) is 118 cm³/mol. The van der Waals surface area contributed by atoms with E-state index in [2.05, 4.69) is 48.2 Å². The highest BCUT2D eigenvalue weighted by Crippen LogP contribution is 2.30. The molecule has 0 spiro atoms. The number of hydrogen-bond donors (Lipinski definition) is 2. The standard InChI is InChI=1S/C19H32N4O2.HI/c1-14(2)23(15(3)4)11-10-21-19(20-5)22-12-16-13-24-17-8-6-7-9-18(17)25-16;/h6-9,14-16H,10-13H2,1-5H3,(H2,20,21,22);1H. The van der Waals surface area contributed by atoms with Gasteiger partial charge in [-0.15, -0.1) is 24.0 Å². The Hall–Kier alpha value is -1.22. The van der Waals surface area contributed by atoms with Gasteiger partial charge in [-0.2, -0.15) is 0 Å². The van der Waals surface area contributed by atoms with Crippen LogP contribution in [0.1, 0.15) is 27.7 Å². The van der Waals surface area contributed by atoms with E-state index in [0.717, 1.165) is 30.5 Å². The van der Waals surface area contributed by atoms with Crippen LogP contribution in [0.25, 0.3) is 0 Å². The molecule has 0 aliphatic carbocycles. The van der Waals surface area contributed by atoms with Gasteiger partial charge in [0.1, 0.15) is 12.7 Å². The minimum absolute atomic E-state index is 0. The number of hydrogen-bond acceptors (Lipinski definition) is 4. The second-order valence-corrected chi connectivity index (χ2v) is 6.80. The van der Waals surface area contributed by atoms with Gasteiger partial charge >= 0.3 is 0 Å². The molecule has 0 bridgehead atoms. The van der Waals surface area contributed by atoms with Gasteiger partial charge in [-0.3, -0.25) is 9.89 Å². The summed E-state index contributed by atoms with van der Waals surface area (Å²) < 4.78 is 11.7. The molecule has 0 aromatic heterocycles. The number of fused-ring (bicyclic) bond motifs is 1. The van der Waals surface area contributed by atoms with Crippen LogP contribution in [-0.2, 0) is 0 Å². The summed E-state index contributed by atoms with van der Waals surface area (Å²) in [7, 11) is 1.78. The van der Waals surface area contributed by atoms with E-state index in [0.29, 0.717) is 25.2 Å². The van der Waals surface area contributed by atoms with Crippen LogP contribution in [0.15, 0.2) is 29.3 Å². The van der Waals surface area contributed by atoms with E-state index in [9.17, 15) is 0 Å². The number of para-hydroxylation sites is 2. The molecule has 0 amide bonds. The molecule has 1 atom stereocenters. The molecule has 1 aromatic carbocycles. The quantitative estimate of drug-likeness (QED) is 0.360. The highest BCUT2D eigenvalue weighted by molar-refractivity contribution is 14.0. The number of nitrogens with zero attached hydrogens (tertiary/aromatic N) is 2. The third-order valence-electron chi connectivity index (χ3n) is 4.28. The van der Waals surface area contributed by atoms with E-state index in [-0.39, 0.29) is 30.1 Å². The van der Waals surface area contributed by atoms with Gasteiger partial charge in [0.2, 0.25) is 0 Å². The fraction of sp³-hybridized carbons (Fsp3) is 0.632. The topological polar surface area (TPSA) is 58.1 Å². The van der Waals surface area contributed by atoms with Gasteiger partial charge in [0.05, 0.1) is 6.54 Å². The summed E-state index contributed by atoms with van der Waals surface area (Å²) >= 11 is 0. The first kappa shape index (κ1) is 22.8. The van der Waals surface area contributed by atoms with Gasteiger partial charge in [0, 0.05) is 32.2 Å². The normalized spacial score (nSPS) is 16.6. The first-order valence-electron chi connectivity index (χ1n) is 9.10. The van der Waals surface area contributed by atoms with Crippen molar-refractivity contribution in [3.8, 4) is 11.5 Å². The Balaban J connectivity index is 0.00000338. The summed E-state index contributed by atoms with van der Waals surface area (Å²) in [6, 6.07) is 8.82. The third kappa shape index (κ3) is 6.83. The molecule has 1 aliphatic heterocycles. The molecule has 148 valence electrons. The molecule has 2 N–H and O–H groups in total. The van der Waals surface area contributed by atoms with Crippen molar-refractivity contribution in [3.63, 3.8) is 0 Å². The second-order valence-electron chi connectivity index (χ2n) is 6.80. The van der Waals surface area contributed by atoms with Crippen LogP contribution in [0.3, 0.4) is 0 Å². The largest absolute Gasteiger partial charge is 0.486 e. The van der Waals surface area contributed by atoms with Gasteiger partial charge < -0.3 is 20.1 Å². The molecule has 0 fully saturated rings. The zero-order chi connectivity index (χ0) is 18.2. The van der Waals surface area contributed by atoms with E-state index < -0.39 is 0 Å². The SMILES string of the molecule is CN=C(NCCN(C(C)C)C(C)C)NCC1COc2ccccc2O1.I. The van der Waals surface area contributed by atoms with E-state index >= 15 is 0 Å². The van der Waals surface area contributed by atoms with Crippen molar-refractivity contribution in [2.75, 3.05) is 33.3 Å². The number of aliphatic imine (C=N–C) groups is 1. The zero-order valence-electron chi connectivity index (χ0n) is 16.5. The molecule has 6 nitrogen and oxygen atoms in total. The summed E-state index contributed by atoms with van der Waals surface area (Å²) in [5.41, 5.74) is 0. The molecule has 0 radical (unpaired) electrons. The van der Waals surface area contributed by atoms with Gasteiger partial charge in [-0.1, -0.05) is 12.1 Å². The Kier molecular flexibility index (Phi) is 10.1. The maximum Gasteiger partial charge on any atom is 0.191 e. The molecular formula is C19H33IN4O2. The molecule has 26 heavy (non-hydrogen) atoms. The maximum atomic E-state index is 5.95. The Morgan fingerprint density at radius 1 is 1.15 bits per heavy atom. The Morgan fingerprint density at radius 2 is 1.81 bits per heavy atom. The summed E-state index contributed by atoms with van der Waals surface area (Å²) in [6.45, 7) is 11.9. The van der Waals surface area contributed by atoms with Gasteiger partial charge in [0.15, 0.2) is 17.5 Å². The summed E-state index contributed by atoms with van der Waals surface area (Å²) in [6.07, 6.45) is -0.0312. The summed E-state index contributed by atoms with van der Waals surface area (Å²) in [4.78, 5) is 6.74. The Labute approximate surface area is 174 Å². The molecule has 2 rings (SSSR count). The van der Waals surface area contributed by atoms with Crippen molar-refractivity contribution in [2.24, 2.45) is 4.99 Å². The maximum absolute atomic E-state index is 5.95. The highest BCUT2D eigenvalue weighted by atomic mass is 127. The fourth-order valence-electron chi connectivity index (χ4n) is 3.01. The lowest BCUT2D eigenvalue weighted by atomic mass is 10.2. The lowest BCUT2D eigenvalue weighted by molar-refractivity contribution is 0.0936. The number of rotatable bonds is 7. The van der Waals surface area contributed by atoms with Crippen LogP contribution in [-0.4, -0.2) is 62.3 Å². The van der Waals surface area contributed by atoms with Crippen molar-refractivity contribution < 1.29 is 9.47 Å². The van der Waals surface area contributed by atoms with Crippen molar-refractivity contribution in [1.29, 1.82) is 0 Å². The lowest BCUT2D eigenvalue weighted by Gasteiger charge is -2.31. The smallest absolute Gasteiger partial charge is 0.191 e. The van der Waals surface area contributed by atoms with Crippen molar-refractivity contribution in [1.82, 2.24) is 15.5 Å². The lowest BCUT2D eigenvalue weighted by Crippen LogP contribution is -2.48. The van der Waals surface area contributed by atoms with Crippen molar-refractivity contribution in [2.45, 2.75) is 45.9 Å². The minimum Gasteiger partial charge on any atom is -0.486 e. The summed E-state index contributed by atoms with van der Waals surface area (Å²) in [5.74, 6) is 2.40. The van der Waals surface area contributed by atoms with Crippen molar-refractivity contribution >= 4 is 29.9 Å². The number of nitrogens with one attached hydrogen (secondary N) is 2. The molecule has 1 aromatic rings. The van der Waals surface area contributed by atoms with Crippen LogP contribution in [0.5, 0.6) is 11.5 Å². The first-order valence-corrected chi connectivity index (χ1v) is 9.10. The van der Waals surface area contributed by atoms with Crippen LogP contribution in [0, 0.1) is 0 Å². The average molecular weight is 476 g/mol. The number of benzene rings is 1. The van der Waals surface area contributed by atoms with E-state index in [1.807, 2.05) is 24.3 Å². The molecule has 1 heterocycles. The number of guanidine groups is 1. The Bertz CT molecular complexity index is 558. The van der Waals surface area contributed by atoms with Gasteiger partial charge in [0.25, 0.3) is 0 Å². The second kappa shape index (κ2) is 11.5. The van der Waals surface area contributed by atoms with E-state index in [1.165, 1.54) is 0 Å². The zero-order valence-corrected chi connectivity index (χ0v) is 18.8. The Morgan fingerprint density at radius 3 is 2.42 bits per heavy atom. The summed E-state index contributed by atoms with van der Waals surface area (Å²) in [5, 5.41) is 6.69. The van der Waals surface area contributed by atoms with E-state index in [1.54, 1.807) is 7.05 Å². The molecule has 1 unspecified atom stereocenters. The molecular weight excluding hydrogens is 443 g/mol. The van der Waals surface area contributed by atoms with E-state index in [4.69, 9.17) is 9.47 Å². The third-order valence-corrected chi connectivity index (χ3v) is 4.28. The molecule has 0 saturated carbocycles. The van der Waals surface area contributed by atoms with Crippen LogP contribution in [0.2, 0.25) is 0 Å². The molecule has 0 saturated heterocycles. The van der Waals surface area contributed by atoms with Crippen molar-refractivity contribution in [3.05, 3.63) is 24.3 Å². The highest BCUT2D eigenvalue weighted by Gasteiger charge is 2.20. The van der Waals surface area contributed by atoms with Crippen LogP contribution < -0.4 is 20.1 Å². The molecule has 7 heteroatoms. The van der Waals surface area contributed by atoms with Crippen LogP contribution in [0.4, 0.5) is 0 Å². The predicted octanol–water partition coefficient (Wildman–Crippen LogP) is 2.73. The number of ether oxygens (including phenoxy) is 2. The monoisotopic (exact) mass is 476 g/mol. The van der Waals surface area contributed by atoms with Crippen LogP contribution >= 0.6 is 24.0 Å². The van der Waals surface area contributed by atoms with Gasteiger partial charge in [-0.25, -0.2) is 0 Å². The van der Waals surface area contributed by atoms with Gasteiger partial charge in [-0.05, 0) is 39.8 Å². The minimum atomic E-state index is -0.0312. The fourth-order valence-corrected chi connectivity index (χ4v) is 3.01. The number of halogens is 1. The average Bonchev–Trinajstić information content (AvgIpc) is 2.60. The molecule has 1 aliphatic rings.